The topological polar surface area (TPSA) is 78.5 Å². The van der Waals surface area contributed by atoms with Gasteiger partial charge in [0.15, 0.2) is 0 Å². The third kappa shape index (κ3) is 6.54. The van der Waals surface area contributed by atoms with Crippen molar-refractivity contribution in [3.63, 3.8) is 0 Å². The minimum Gasteiger partial charge on any atom is -0.354 e. The van der Waals surface area contributed by atoms with Crippen LogP contribution in [0.25, 0.3) is 0 Å². The number of likely N-dealkylation sites (tertiary alicyclic amines) is 1. The number of benzene rings is 2. The summed E-state index contributed by atoms with van der Waals surface area (Å²) in [6.45, 7) is 5.31. The van der Waals surface area contributed by atoms with E-state index in [2.05, 4.69) is 10.6 Å². The van der Waals surface area contributed by atoms with Gasteiger partial charge in [-0.25, -0.2) is 4.39 Å². The van der Waals surface area contributed by atoms with Gasteiger partial charge in [0.2, 0.25) is 5.91 Å². The van der Waals surface area contributed by atoms with Gasteiger partial charge in [-0.05, 0) is 55.0 Å². The zero-order chi connectivity index (χ0) is 24.0. The van der Waals surface area contributed by atoms with Crippen LogP contribution in [-0.2, 0) is 4.79 Å². The minimum atomic E-state index is -0.751. The Balaban J connectivity index is 1.70. The molecule has 0 aromatic heterocycles. The van der Waals surface area contributed by atoms with Crippen LogP contribution in [0, 0.1) is 17.7 Å². The predicted octanol–water partition coefficient (Wildman–Crippen LogP) is 3.90. The fourth-order valence-corrected chi connectivity index (χ4v) is 4.14. The molecule has 33 heavy (non-hydrogen) atoms. The van der Waals surface area contributed by atoms with Gasteiger partial charge in [-0.3, -0.25) is 14.4 Å². The second-order valence-corrected chi connectivity index (χ2v) is 9.12. The molecule has 0 aliphatic carbocycles. The first-order valence-corrected chi connectivity index (χ1v) is 11.5. The molecule has 1 saturated heterocycles. The van der Waals surface area contributed by atoms with E-state index in [1.54, 1.807) is 35.2 Å². The molecule has 3 amide bonds. The number of hydrogen-bond donors (Lipinski definition) is 2. The molecule has 176 valence electrons. The minimum absolute atomic E-state index is 0.153. The van der Waals surface area contributed by atoms with Crippen molar-refractivity contribution in [3.8, 4) is 0 Å². The largest absolute Gasteiger partial charge is 0.354 e. The molecular weight excluding hydrogens is 445 g/mol. The Morgan fingerprint density at radius 2 is 1.79 bits per heavy atom. The number of piperidine rings is 1. The lowest BCUT2D eigenvalue weighted by atomic mass is 9.88. The average Bonchev–Trinajstić information content (AvgIpc) is 2.81. The lowest BCUT2D eigenvalue weighted by Crippen LogP contribution is -2.54. The number of nitrogens with one attached hydrogen (secondary N) is 2. The summed E-state index contributed by atoms with van der Waals surface area (Å²) in [4.78, 5) is 40.3. The smallest absolute Gasteiger partial charge is 0.253 e. The molecule has 0 bridgehead atoms. The lowest BCUT2D eigenvalue weighted by molar-refractivity contribution is -0.124. The molecule has 1 atom stereocenters. The zero-order valence-electron chi connectivity index (χ0n) is 18.8. The maximum atomic E-state index is 13.5. The Hall–Kier alpha value is -2.93. The summed E-state index contributed by atoms with van der Waals surface area (Å²) in [5.74, 6) is -1.25. The summed E-state index contributed by atoms with van der Waals surface area (Å²) in [5.41, 5.74) is 0.603. The van der Waals surface area contributed by atoms with Crippen LogP contribution in [-0.4, -0.2) is 48.3 Å². The van der Waals surface area contributed by atoms with E-state index in [-0.39, 0.29) is 23.7 Å². The molecule has 0 spiro atoms. The van der Waals surface area contributed by atoms with Gasteiger partial charge in [0.25, 0.3) is 11.8 Å². The second-order valence-electron chi connectivity index (χ2n) is 8.71. The molecule has 2 N–H and O–H groups in total. The first-order valence-electron chi connectivity index (χ1n) is 11.1. The standard InChI is InChI=1S/C25H29ClFN3O3/c1-16(2)15-28-24(32)22(29-23(31)20-8-3-4-9-21(20)26)17-10-12-30(13-11-17)25(33)18-6-5-7-19(27)14-18/h3-9,14,16-17,22H,10-13,15H2,1-2H3,(H,28,32)(H,29,31)/t22-/m1/s1. The number of carbonyl (C=O) groups excluding carboxylic acids is 3. The van der Waals surface area contributed by atoms with Crippen molar-refractivity contribution in [3.05, 3.63) is 70.5 Å². The number of nitrogens with zero attached hydrogens (tertiary/aromatic N) is 1. The maximum Gasteiger partial charge on any atom is 0.253 e. The van der Waals surface area contributed by atoms with Gasteiger partial charge >= 0.3 is 0 Å². The molecule has 6 nitrogen and oxygen atoms in total. The predicted molar refractivity (Wildman–Crippen MR) is 126 cm³/mol. The average molecular weight is 474 g/mol. The van der Waals surface area contributed by atoms with E-state index < -0.39 is 17.8 Å². The monoisotopic (exact) mass is 473 g/mol. The van der Waals surface area contributed by atoms with Crippen molar-refractivity contribution in [2.24, 2.45) is 11.8 Å². The van der Waals surface area contributed by atoms with E-state index in [9.17, 15) is 18.8 Å². The van der Waals surface area contributed by atoms with Crippen molar-refractivity contribution < 1.29 is 18.8 Å². The molecule has 0 unspecified atom stereocenters. The Morgan fingerprint density at radius 1 is 1.09 bits per heavy atom. The molecule has 2 aromatic carbocycles. The van der Waals surface area contributed by atoms with Crippen LogP contribution in [0.4, 0.5) is 4.39 Å². The SMILES string of the molecule is CC(C)CNC(=O)[C@H](NC(=O)c1ccccc1Cl)C1CCN(C(=O)c2cccc(F)c2)CC1. The normalized spacial score (nSPS) is 15.2. The van der Waals surface area contributed by atoms with Gasteiger partial charge in [-0.1, -0.05) is 43.6 Å². The van der Waals surface area contributed by atoms with Gasteiger partial charge in [-0.15, -0.1) is 0 Å². The molecule has 0 saturated carbocycles. The number of rotatable bonds is 7. The fourth-order valence-electron chi connectivity index (χ4n) is 3.92. The molecule has 1 heterocycles. The van der Waals surface area contributed by atoms with Crippen molar-refractivity contribution in [1.82, 2.24) is 15.5 Å². The molecule has 1 aliphatic rings. The summed E-state index contributed by atoms with van der Waals surface area (Å²) < 4.78 is 13.5. The van der Waals surface area contributed by atoms with E-state index in [1.165, 1.54) is 18.2 Å². The molecule has 3 rings (SSSR count). The van der Waals surface area contributed by atoms with Crippen LogP contribution >= 0.6 is 11.6 Å². The number of hydrogen-bond acceptors (Lipinski definition) is 3. The highest BCUT2D eigenvalue weighted by Gasteiger charge is 2.34. The summed E-state index contributed by atoms with van der Waals surface area (Å²) >= 11 is 6.16. The van der Waals surface area contributed by atoms with Gasteiger partial charge in [-0.2, -0.15) is 0 Å². The molecule has 1 aliphatic heterocycles. The number of carbonyl (C=O) groups is 3. The molecule has 1 fully saturated rings. The van der Waals surface area contributed by atoms with Crippen LogP contribution in [0.1, 0.15) is 47.4 Å². The maximum absolute atomic E-state index is 13.5. The van der Waals surface area contributed by atoms with Crippen LogP contribution in [0.15, 0.2) is 48.5 Å². The van der Waals surface area contributed by atoms with Crippen molar-refractivity contribution in [2.75, 3.05) is 19.6 Å². The summed E-state index contributed by atoms with van der Waals surface area (Å²) in [5, 5.41) is 6.08. The highest BCUT2D eigenvalue weighted by molar-refractivity contribution is 6.33. The van der Waals surface area contributed by atoms with Gasteiger partial charge < -0.3 is 15.5 Å². The summed E-state index contributed by atoms with van der Waals surface area (Å²) in [6.07, 6.45) is 1.06. The molecule has 2 aromatic rings. The van der Waals surface area contributed by atoms with E-state index >= 15 is 0 Å². The van der Waals surface area contributed by atoms with Gasteiger partial charge in [0.1, 0.15) is 11.9 Å². The third-order valence-corrected chi connectivity index (χ3v) is 6.07. The highest BCUT2D eigenvalue weighted by atomic mass is 35.5. The quantitative estimate of drug-likeness (QED) is 0.640. The van der Waals surface area contributed by atoms with E-state index in [4.69, 9.17) is 11.6 Å². The molecule has 8 heteroatoms. The van der Waals surface area contributed by atoms with Crippen LogP contribution < -0.4 is 10.6 Å². The van der Waals surface area contributed by atoms with Crippen molar-refractivity contribution in [2.45, 2.75) is 32.7 Å². The van der Waals surface area contributed by atoms with Crippen LogP contribution in [0.5, 0.6) is 0 Å². The Morgan fingerprint density at radius 3 is 2.42 bits per heavy atom. The van der Waals surface area contributed by atoms with E-state index in [0.29, 0.717) is 48.6 Å². The Kier molecular flexibility index (Phi) is 8.44. The highest BCUT2D eigenvalue weighted by Crippen LogP contribution is 2.24. The third-order valence-electron chi connectivity index (χ3n) is 5.74. The Labute approximate surface area is 198 Å². The van der Waals surface area contributed by atoms with Gasteiger partial charge in [0, 0.05) is 25.2 Å². The zero-order valence-corrected chi connectivity index (χ0v) is 19.6. The van der Waals surface area contributed by atoms with Crippen LogP contribution in [0.3, 0.4) is 0 Å². The summed E-state index contributed by atoms with van der Waals surface area (Å²) in [7, 11) is 0. The first-order chi connectivity index (χ1) is 15.8. The number of halogens is 2. The molecule has 0 radical (unpaired) electrons. The van der Waals surface area contributed by atoms with Gasteiger partial charge in [0.05, 0.1) is 10.6 Å². The Bertz CT molecular complexity index is 1010. The second kappa shape index (κ2) is 11.3. The van der Waals surface area contributed by atoms with Crippen LogP contribution in [0.2, 0.25) is 5.02 Å². The lowest BCUT2D eigenvalue weighted by Gasteiger charge is -2.36. The van der Waals surface area contributed by atoms with Crippen molar-refractivity contribution >= 4 is 29.3 Å². The number of amides is 3. The van der Waals surface area contributed by atoms with E-state index in [1.807, 2.05) is 13.8 Å². The molecular formula is C25H29ClFN3O3. The van der Waals surface area contributed by atoms with E-state index in [0.717, 1.165) is 0 Å². The summed E-state index contributed by atoms with van der Waals surface area (Å²) in [6, 6.07) is 11.5. The van der Waals surface area contributed by atoms with Crippen molar-refractivity contribution in [1.29, 1.82) is 0 Å². The first kappa shape index (κ1) is 24.7. The fraction of sp³-hybridized carbons (Fsp3) is 0.400.